The highest BCUT2D eigenvalue weighted by Crippen LogP contribution is 2.16. The van der Waals surface area contributed by atoms with Gasteiger partial charge in [0.15, 0.2) is 6.29 Å². The van der Waals surface area contributed by atoms with E-state index < -0.39 is 12.2 Å². The van der Waals surface area contributed by atoms with Gasteiger partial charge in [0.1, 0.15) is 10.8 Å². The molecule has 0 fully saturated rings. The number of methoxy groups -OCH3 is 2. The fourth-order valence-corrected chi connectivity index (χ4v) is 1.44. The maximum absolute atomic E-state index is 11.7. The van der Waals surface area contributed by atoms with Gasteiger partial charge in [-0.1, -0.05) is 23.2 Å². The summed E-state index contributed by atoms with van der Waals surface area (Å²) in [4.78, 5) is 15.6. The molecule has 0 saturated carbocycles. The number of halogens is 2. The van der Waals surface area contributed by atoms with Gasteiger partial charge < -0.3 is 14.8 Å². The van der Waals surface area contributed by atoms with Crippen LogP contribution in [-0.2, 0) is 9.47 Å². The Kier molecular flexibility index (Phi) is 5.64. The molecule has 1 heterocycles. The zero-order valence-electron chi connectivity index (χ0n) is 9.37. The maximum atomic E-state index is 11.7. The van der Waals surface area contributed by atoms with E-state index in [0.29, 0.717) is 0 Å². The first-order valence-electron chi connectivity index (χ1n) is 4.74. The van der Waals surface area contributed by atoms with Crippen LogP contribution < -0.4 is 5.32 Å². The number of rotatable bonds is 5. The van der Waals surface area contributed by atoms with Gasteiger partial charge in [-0.15, -0.1) is 0 Å². The second-order valence-electron chi connectivity index (χ2n) is 3.08. The third-order valence-corrected chi connectivity index (χ3v) is 2.50. The van der Waals surface area contributed by atoms with Crippen LogP contribution in [0.4, 0.5) is 0 Å². The van der Waals surface area contributed by atoms with Gasteiger partial charge in [0.25, 0.3) is 5.91 Å². The van der Waals surface area contributed by atoms with Crippen molar-refractivity contribution >= 4 is 29.1 Å². The molecular weight excluding hydrogens is 267 g/mol. The molecule has 1 aromatic rings. The summed E-state index contributed by atoms with van der Waals surface area (Å²) in [5.74, 6) is -0.434. The van der Waals surface area contributed by atoms with Crippen molar-refractivity contribution in [3.8, 4) is 0 Å². The van der Waals surface area contributed by atoms with Crippen LogP contribution in [0.5, 0.6) is 0 Å². The van der Waals surface area contributed by atoms with Crippen LogP contribution in [0.1, 0.15) is 10.5 Å². The van der Waals surface area contributed by atoms with Gasteiger partial charge >= 0.3 is 0 Å². The number of amides is 1. The molecule has 0 unspecified atom stereocenters. The van der Waals surface area contributed by atoms with E-state index >= 15 is 0 Å². The summed E-state index contributed by atoms with van der Waals surface area (Å²) < 4.78 is 9.85. The van der Waals surface area contributed by atoms with Crippen LogP contribution in [0.3, 0.4) is 0 Å². The number of hydrogen-bond donors (Lipinski definition) is 1. The number of nitrogens with zero attached hydrogens (tertiary/aromatic N) is 1. The van der Waals surface area contributed by atoms with Gasteiger partial charge in [0.2, 0.25) is 0 Å². The maximum Gasteiger partial charge on any atom is 0.271 e. The number of hydrogen-bond acceptors (Lipinski definition) is 4. The van der Waals surface area contributed by atoms with Crippen molar-refractivity contribution in [2.75, 3.05) is 20.8 Å². The van der Waals surface area contributed by atoms with Gasteiger partial charge in [-0.05, 0) is 12.1 Å². The van der Waals surface area contributed by atoms with Gasteiger partial charge in [0, 0.05) is 14.2 Å². The van der Waals surface area contributed by atoms with Crippen LogP contribution in [0.25, 0.3) is 0 Å². The van der Waals surface area contributed by atoms with Gasteiger partial charge in [0.05, 0.1) is 11.6 Å². The topological polar surface area (TPSA) is 60.5 Å². The van der Waals surface area contributed by atoms with E-state index in [1.165, 1.54) is 26.4 Å². The molecule has 17 heavy (non-hydrogen) atoms. The summed E-state index contributed by atoms with van der Waals surface area (Å²) in [7, 11) is 2.95. The predicted octanol–water partition coefficient (Wildman–Crippen LogP) is 1.74. The molecule has 1 aromatic heterocycles. The summed E-state index contributed by atoms with van der Waals surface area (Å²) in [6.07, 6.45) is -0.517. The largest absolute Gasteiger partial charge is 0.354 e. The minimum Gasteiger partial charge on any atom is -0.354 e. The van der Waals surface area contributed by atoms with Crippen LogP contribution in [0, 0.1) is 0 Å². The normalized spacial score (nSPS) is 10.6. The SMILES string of the molecule is COC(CNC(=O)c1nc(Cl)ccc1Cl)OC. The third kappa shape index (κ3) is 4.12. The molecule has 7 heteroatoms. The fourth-order valence-electron chi connectivity index (χ4n) is 1.10. The third-order valence-electron chi connectivity index (χ3n) is 1.98. The van der Waals surface area contributed by atoms with E-state index in [0.717, 1.165) is 0 Å². The molecule has 0 radical (unpaired) electrons. The second-order valence-corrected chi connectivity index (χ2v) is 3.87. The molecule has 0 saturated heterocycles. The summed E-state index contributed by atoms with van der Waals surface area (Å²) in [6, 6.07) is 3.02. The van der Waals surface area contributed by atoms with Crippen molar-refractivity contribution in [2.45, 2.75) is 6.29 Å². The van der Waals surface area contributed by atoms with Gasteiger partial charge in [-0.25, -0.2) is 4.98 Å². The number of nitrogens with one attached hydrogen (secondary N) is 1. The molecule has 1 rings (SSSR count). The Morgan fingerprint density at radius 3 is 2.65 bits per heavy atom. The lowest BCUT2D eigenvalue weighted by molar-refractivity contribution is -0.0974. The number of carbonyl (C=O) groups excluding carboxylic acids is 1. The van der Waals surface area contributed by atoms with Gasteiger partial charge in [-0.2, -0.15) is 0 Å². The van der Waals surface area contributed by atoms with E-state index in [1.807, 2.05) is 0 Å². The molecule has 1 amide bonds. The molecule has 0 atom stereocenters. The molecule has 0 aromatic carbocycles. The molecule has 5 nitrogen and oxygen atoms in total. The number of ether oxygens (including phenoxy) is 2. The first-order chi connectivity index (χ1) is 8.08. The molecule has 0 spiro atoms. The fraction of sp³-hybridized carbons (Fsp3) is 0.400. The second kappa shape index (κ2) is 6.76. The predicted molar refractivity (Wildman–Crippen MR) is 64.4 cm³/mol. The molecule has 0 bridgehead atoms. The standard InChI is InChI=1S/C10H12Cl2N2O3/c1-16-8(17-2)5-13-10(15)9-6(11)3-4-7(12)14-9/h3-4,8H,5H2,1-2H3,(H,13,15). The van der Waals surface area contributed by atoms with Crippen LogP contribution >= 0.6 is 23.2 Å². The number of carbonyl (C=O) groups is 1. The van der Waals surface area contributed by atoms with Crippen LogP contribution in [-0.4, -0.2) is 37.9 Å². The Labute approximate surface area is 109 Å². The van der Waals surface area contributed by atoms with E-state index in [1.54, 1.807) is 0 Å². The Morgan fingerprint density at radius 2 is 2.06 bits per heavy atom. The first-order valence-corrected chi connectivity index (χ1v) is 5.50. The highest BCUT2D eigenvalue weighted by molar-refractivity contribution is 6.34. The minimum atomic E-state index is -0.517. The van der Waals surface area contributed by atoms with Crippen molar-refractivity contribution in [1.82, 2.24) is 10.3 Å². The average molecular weight is 279 g/mol. The van der Waals surface area contributed by atoms with E-state index in [9.17, 15) is 4.79 Å². The Morgan fingerprint density at radius 1 is 1.41 bits per heavy atom. The number of aromatic nitrogens is 1. The molecule has 1 N–H and O–H groups in total. The Balaban J connectivity index is 2.66. The van der Waals surface area contributed by atoms with Crippen molar-refractivity contribution in [3.63, 3.8) is 0 Å². The van der Waals surface area contributed by atoms with Crippen LogP contribution in [0.15, 0.2) is 12.1 Å². The zero-order chi connectivity index (χ0) is 12.8. The molecule has 0 aliphatic carbocycles. The minimum absolute atomic E-state index is 0.0742. The van der Waals surface area contributed by atoms with Crippen molar-refractivity contribution in [1.29, 1.82) is 0 Å². The van der Waals surface area contributed by atoms with E-state index in [-0.39, 0.29) is 22.4 Å². The first kappa shape index (κ1) is 14.2. The van der Waals surface area contributed by atoms with Gasteiger partial charge in [-0.3, -0.25) is 4.79 Å². The lowest BCUT2D eigenvalue weighted by Gasteiger charge is -2.14. The van der Waals surface area contributed by atoms with E-state index in [2.05, 4.69) is 10.3 Å². The summed E-state index contributed by atoms with van der Waals surface area (Å²) in [5, 5.41) is 3.01. The lowest BCUT2D eigenvalue weighted by atomic mass is 10.3. The monoisotopic (exact) mass is 278 g/mol. The summed E-state index contributed by atoms with van der Waals surface area (Å²) >= 11 is 11.5. The molecule has 0 aliphatic heterocycles. The Bertz CT molecular complexity index is 397. The average Bonchev–Trinajstić information content (AvgIpc) is 2.33. The van der Waals surface area contributed by atoms with E-state index in [4.69, 9.17) is 32.7 Å². The van der Waals surface area contributed by atoms with Crippen LogP contribution in [0.2, 0.25) is 10.2 Å². The van der Waals surface area contributed by atoms with Crippen molar-refractivity contribution in [3.05, 3.63) is 28.0 Å². The van der Waals surface area contributed by atoms with Crippen molar-refractivity contribution in [2.24, 2.45) is 0 Å². The Hall–Kier alpha value is -0.880. The smallest absolute Gasteiger partial charge is 0.271 e. The number of pyridine rings is 1. The molecule has 94 valence electrons. The molecular formula is C10H12Cl2N2O3. The zero-order valence-corrected chi connectivity index (χ0v) is 10.9. The quantitative estimate of drug-likeness (QED) is 0.658. The molecule has 0 aliphatic rings. The summed E-state index contributed by atoms with van der Waals surface area (Å²) in [5.41, 5.74) is 0.0742. The summed E-state index contributed by atoms with van der Waals surface area (Å²) in [6.45, 7) is 0.191. The lowest BCUT2D eigenvalue weighted by Crippen LogP contribution is -2.34. The highest BCUT2D eigenvalue weighted by Gasteiger charge is 2.14. The van der Waals surface area contributed by atoms with Crippen molar-refractivity contribution < 1.29 is 14.3 Å². The highest BCUT2D eigenvalue weighted by atomic mass is 35.5.